The fourth-order valence-corrected chi connectivity index (χ4v) is 2.83. The minimum Gasteiger partial charge on any atom is -0.463 e. The largest absolute Gasteiger partial charge is 0.463 e. The third-order valence-corrected chi connectivity index (χ3v) is 5.17. The van der Waals surface area contributed by atoms with Gasteiger partial charge in [-0.05, 0) is 5.56 Å². The quantitative estimate of drug-likeness (QED) is 0.546. The van der Waals surface area contributed by atoms with Gasteiger partial charge >= 0.3 is 5.97 Å². The van der Waals surface area contributed by atoms with Gasteiger partial charge in [0.25, 0.3) is 0 Å². The number of hydrogen-bond acceptors (Lipinski definition) is 4. The van der Waals surface area contributed by atoms with E-state index in [4.69, 9.17) is 16.3 Å². The summed E-state index contributed by atoms with van der Waals surface area (Å²) in [6, 6.07) is 8.85. The lowest BCUT2D eigenvalue weighted by Gasteiger charge is -2.08. The van der Waals surface area contributed by atoms with Crippen molar-refractivity contribution in [3.8, 4) is 0 Å². The van der Waals surface area contributed by atoms with E-state index < -0.39 is 21.2 Å². The van der Waals surface area contributed by atoms with Gasteiger partial charge in [-0.1, -0.05) is 46.3 Å². The zero-order chi connectivity index (χ0) is 14.3. The first-order chi connectivity index (χ1) is 8.94. The second-order valence-electron chi connectivity index (χ2n) is 3.87. The van der Waals surface area contributed by atoms with E-state index >= 15 is 0 Å². The Morgan fingerprint density at radius 1 is 1.32 bits per heavy atom. The molecule has 1 aromatic carbocycles. The van der Waals surface area contributed by atoms with Crippen molar-refractivity contribution in [1.82, 2.24) is 0 Å². The molecule has 1 atom stereocenters. The molecule has 0 saturated heterocycles. The number of sulfone groups is 1. The molecule has 19 heavy (non-hydrogen) atoms. The smallest absolute Gasteiger partial charge is 0.324 e. The Balaban J connectivity index is 2.42. The number of carbonyl (C=O) groups excluding carboxylic acids is 1. The molecular weight excluding hydrogens is 356 g/mol. The fraction of sp³-hybridized carbons (Fsp3) is 0.417. The normalized spacial score (nSPS) is 12.9. The number of halogens is 2. The molecule has 0 spiro atoms. The van der Waals surface area contributed by atoms with Gasteiger partial charge in [0.15, 0.2) is 9.84 Å². The summed E-state index contributed by atoms with van der Waals surface area (Å²) in [4.78, 5) is 11.2. The third-order valence-electron chi connectivity index (χ3n) is 2.26. The molecular formula is C12H14BrClO4S. The van der Waals surface area contributed by atoms with Crippen LogP contribution in [0.3, 0.4) is 0 Å². The first kappa shape index (κ1) is 16.5. The van der Waals surface area contributed by atoms with E-state index in [1.165, 1.54) is 0 Å². The number of hydrogen-bond donors (Lipinski definition) is 0. The lowest BCUT2D eigenvalue weighted by molar-refractivity contribution is -0.142. The van der Waals surface area contributed by atoms with Crippen LogP contribution < -0.4 is 0 Å². The lowest BCUT2D eigenvalue weighted by Crippen LogP contribution is -2.23. The molecule has 0 aliphatic rings. The number of ether oxygens (including phenoxy) is 1. The van der Waals surface area contributed by atoms with E-state index in [-0.39, 0.29) is 23.4 Å². The van der Waals surface area contributed by atoms with Crippen molar-refractivity contribution >= 4 is 43.3 Å². The molecule has 0 heterocycles. The van der Waals surface area contributed by atoms with E-state index in [2.05, 4.69) is 15.9 Å². The monoisotopic (exact) mass is 368 g/mol. The van der Waals surface area contributed by atoms with Crippen molar-refractivity contribution in [3.05, 3.63) is 35.9 Å². The van der Waals surface area contributed by atoms with E-state index in [0.29, 0.717) is 5.56 Å². The summed E-state index contributed by atoms with van der Waals surface area (Å²) in [7, 11) is -3.29. The molecule has 0 aliphatic heterocycles. The molecule has 0 N–H and O–H groups in total. The van der Waals surface area contributed by atoms with Crippen molar-refractivity contribution < 1.29 is 17.9 Å². The number of rotatable bonds is 7. The van der Waals surface area contributed by atoms with Gasteiger partial charge in [-0.25, -0.2) is 8.42 Å². The summed E-state index contributed by atoms with van der Waals surface area (Å²) in [5.74, 6) is -0.887. The van der Waals surface area contributed by atoms with E-state index in [1.54, 1.807) is 24.3 Å². The Kier molecular flexibility index (Phi) is 6.82. The summed E-state index contributed by atoms with van der Waals surface area (Å²) in [5.41, 5.74) is 0.713. The summed E-state index contributed by atoms with van der Waals surface area (Å²) in [5, 5.41) is -0.527. The minimum absolute atomic E-state index is 0.0614. The summed E-state index contributed by atoms with van der Waals surface area (Å²) >= 11 is 8.66. The van der Waals surface area contributed by atoms with Crippen molar-refractivity contribution in [1.29, 1.82) is 0 Å². The van der Waals surface area contributed by atoms with Crippen LogP contribution in [0.4, 0.5) is 0 Å². The second-order valence-corrected chi connectivity index (χ2v) is 7.23. The predicted octanol–water partition coefficient (Wildman–Crippen LogP) is 2.15. The molecule has 0 radical (unpaired) electrons. The van der Waals surface area contributed by atoms with Crippen LogP contribution >= 0.6 is 27.5 Å². The van der Waals surface area contributed by atoms with Crippen LogP contribution in [0.5, 0.6) is 0 Å². The van der Waals surface area contributed by atoms with Crippen LogP contribution in [0, 0.1) is 0 Å². The number of alkyl halides is 2. The van der Waals surface area contributed by atoms with Gasteiger partial charge in [0, 0.05) is 5.33 Å². The topological polar surface area (TPSA) is 60.4 Å². The molecule has 0 bridgehead atoms. The highest BCUT2D eigenvalue weighted by atomic mass is 79.9. The van der Waals surface area contributed by atoms with E-state index in [9.17, 15) is 13.2 Å². The van der Waals surface area contributed by atoms with Crippen LogP contribution in [-0.4, -0.2) is 37.5 Å². The van der Waals surface area contributed by atoms with Crippen LogP contribution in [0.1, 0.15) is 5.56 Å². The van der Waals surface area contributed by atoms with E-state index in [1.807, 2.05) is 6.07 Å². The van der Waals surface area contributed by atoms with Crippen molar-refractivity contribution in [2.45, 2.75) is 11.1 Å². The molecule has 4 nitrogen and oxygen atoms in total. The third kappa shape index (κ3) is 6.40. The van der Waals surface area contributed by atoms with Crippen LogP contribution in [-0.2, 0) is 25.1 Å². The number of esters is 1. The van der Waals surface area contributed by atoms with Gasteiger partial charge in [0.05, 0.1) is 11.5 Å². The van der Waals surface area contributed by atoms with Crippen LogP contribution in [0.15, 0.2) is 30.3 Å². The predicted molar refractivity (Wildman–Crippen MR) is 78.3 cm³/mol. The second kappa shape index (κ2) is 7.87. The SMILES string of the molecule is O=C(OCCS(=O)(=O)Cc1ccccc1)C(Cl)CBr. The molecule has 7 heteroatoms. The summed E-state index contributed by atoms with van der Waals surface area (Å²) < 4.78 is 28.4. The van der Waals surface area contributed by atoms with Crippen molar-refractivity contribution in [3.63, 3.8) is 0 Å². The maximum absolute atomic E-state index is 11.8. The Morgan fingerprint density at radius 3 is 2.53 bits per heavy atom. The Hall–Kier alpha value is -0.590. The fourth-order valence-electron chi connectivity index (χ4n) is 1.32. The average Bonchev–Trinajstić information content (AvgIpc) is 2.38. The van der Waals surface area contributed by atoms with Gasteiger partial charge in [0.1, 0.15) is 12.0 Å². The average molecular weight is 370 g/mol. The van der Waals surface area contributed by atoms with Gasteiger partial charge in [-0.2, -0.15) is 0 Å². The highest BCUT2D eigenvalue weighted by molar-refractivity contribution is 9.09. The van der Waals surface area contributed by atoms with Gasteiger partial charge in [0.2, 0.25) is 0 Å². The van der Waals surface area contributed by atoms with Crippen LogP contribution in [0.25, 0.3) is 0 Å². The standard InChI is InChI=1S/C12H14BrClO4S/c13-8-11(14)12(15)18-6-7-19(16,17)9-10-4-2-1-3-5-10/h1-5,11H,6-9H2. The maximum atomic E-state index is 11.8. The summed E-state index contributed by atoms with van der Waals surface area (Å²) in [6.45, 7) is -0.176. The molecule has 1 rings (SSSR count). The first-order valence-corrected chi connectivity index (χ1v) is 8.93. The highest BCUT2D eigenvalue weighted by Crippen LogP contribution is 2.07. The zero-order valence-corrected chi connectivity index (χ0v) is 13.2. The minimum atomic E-state index is -3.29. The molecule has 0 amide bonds. The molecule has 0 fully saturated rings. The zero-order valence-electron chi connectivity index (χ0n) is 10.1. The Bertz CT molecular complexity index is 504. The van der Waals surface area contributed by atoms with Crippen LogP contribution in [0.2, 0.25) is 0 Å². The maximum Gasteiger partial charge on any atom is 0.324 e. The number of carbonyl (C=O) groups is 1. The summed E-state index contributed by atoms with van der Waals surface area (Å²) in [6.07, 6.45) is 0. The molecule has 0 aliphatic carbocycles. The van der Waals surface area contributed by atoms with E-state index in [0.717, 1.165) is 0 Å². The molecule has 106 valence electrons. The molecule has 1 unspecified atom stereocenters. The first-order valence-electron chi connectivity index (χ1n) is 5.55. The van der Waals surface area contributed by atoms with Gasteiger partial charge < -0.3 is 4.74 Å². The van der Waals surface area contributed by atoms with Gasteiger partial charge in [-0.15, -0.1) is 11.6 Å². The molecule has 0 saturated carbocycles. The van der Waals surface area contributed by atoms with Gasteiger partial charge in [-0.3, -0.25) is 4.79 Å². The highest BCUT2D eigenvalue weighted by Gasteiger charge is 2.17. The Labute approximate surface area is 126 Å². The number of benzene rings is 1. The van der Waals surface area contributed by atoms with Crippen molar-refractivity contribution in [2.75, 3.05) is 17.7 Å². The Morgan fingerprint density at radius 2 is 1.95 bits per heavy atom. The lowest BCUT2D eigenvalue weighted by atomic mass is 10.2. The van der Waals surface area contributed by atoms with Crippen molar-refractivity contribution in [2.24, 2.45) is 0 Å². The molecule has 1 aromatic rings. The molecule has 0 aromatic heterocycles.